The first kappa shape index (κ1) is 21.0. The Bertz CT molecular complexity index is 1420. The van der Waals surface area contributed by atoms with Gasteiger partial charge in [0.1, 0.15) is 5.69 Å². The number of hydrogen-bond donors (Lipinski definition) is 1. The van der Waals surface area contributed by atoms with Gasteiger partial charge in [0.15, 0.2) is 16.6 Å². The highest BCUT2D eigenvalue weighted by Gasteiger charge is 2.19. The predicted molar refractivity (Wildman–Crippen MR) is 127 cm³/mol. The molecule has 0 aliphatic rings. The average Bonchev–Trinajstić information content (AvgIpc) is 3.56. The van der Waals surface area contributed by atoms with E-state index in [2.05, 4.69) is 15.4 Å². The number of furan rings is 1. The van der Waals surface area contributed by atoms with E-state index in [1.807, 2.05) is 66.7 Å². The summed E-state index contributed by atoms with van der Waals surface area (Å²) in [4.78, 5) is 23.4. The van der Waals surface area contributed by atoms with Crippen LogP contribution in [0.2, 0.25) is 0 Å². The van der Waals surface area contributed by atoms with Crippen LogP contribution in [0.3, 0.4) is 0 Å². The number of carbonyl (C=O) groups is 1. The monoisotopic (exact) mass is 458 g/mol. The smallest absolute Gasteiger partial charge is 0.256 e. The molecule has 5 aromatic rings. The van der Waals surface area contributed by atoms with Crippen molar-refractivity contribution in [1.82, 2.24) is 24.3 Å². The average molecular weight is 459 g/mol. The second kappa shape index (κ2) is 8.59. The van der Waals surface area contributed by atoms with Crippen LogP contribution in [0.15, 0.2) is 81.8 Å². The van der Waals surface area contributed by atoms with Gasteiger partial charge < -0.3 is 14.3 Å². The fraction of sp³-hybridized carbons (Fsp3) is 0.167. The third-order valence-corrected chi connectivity index (χ3v) is 6.26. The van der Waals surface area contributed by atoms with Gasteiger partial charge in [-0.05, 0) is 56.3 Å². The van der Waals surface area contributed by atoms with Crippen LogP contribution in [0.25, 0.3) is 22.5 Å². The topological polar surface area (TPSA) is 90.8 Å². The van der Waals surface area contributed by atoms with E-state index in [1.54, 1.807) is 42.6 Å². The van der Waals surface area contributed by atoms with Crippen LogP contribution < -0.4 is 5.32 Å². The summed E-state index contributed by atoms with van der Waals surface area (Å²) in [6.07, 6.45) is 6.95. The molecule has 0 aliphatic carbocycles. The summed E-state index contributed by atoms with van der Waals surface area (Å²) in [5, 5.41) is 9.04. The first-order chi connectivity index (χ1) is 16.0. The van der Waals surface area contributed by atoms with E-state index in [0.717, 1.165) is 10.1 Å². The highest BCUT2D eigenvalue weighted by molar-refractivity contribution is 7.99. The van der Waals surface area contributed by atoms with Gasteiger partial charge in [-0.25, -0.2) is 14.6 Å². The molecule has 0 fully saturated rings. The molecular weight excluding hydrogens is 436 g/mol. The molecule has 0 atom stereocenters. The fourth-order valence-electron chi connectivity index (χ4n) is 3.49. The number of anilines is 1. The first-order valence-electron chi connectivity index (χ1n) is 10.5. The Morgan fingerprint density at radius 1 is 1.18 bits per heavy atom. The summed E-state index contributed by atoms with van der Waals surface area (Å²) in [6.45, 7) is 4.05. The zero-order valence-corrected chi connectivity index (χ0v) is 19.2. The van der Waals surface area contributed by atoms with Crippen molar-refractivity contribution in [3.63, 3.8) is 0 Å². The number of benzene rings is 1. The Balaban J connectivity index is 1.45. The third kappa shape index (κ3) is 4.14. The molecule has 0 unspecified atom stereocenters. The number of rotatable bonds is 6. The van der Waals surface area contributed by atoms with Gasteiger partial charge in [-0.1, -0.05) is 11.8 Å². The molecule has 0 bridgehead atoms. The lowest BCUT2D eigenvalue weighted by Crippen LogP contribution is -2.13. The molecule has 33 heavy (non-hydrogen) atoms. The van der Waals surface area contributed by atoms with Crippen LogP contribution in [-0.4, -0.2) is 30.2 Å². The predicted octanol–water partition coefficient (Wildman–Crippen LogP) is 5.41. The number of nitrogens with one attached hydrogen (secondary N) is 1. The Hall–Kier alpha value is -3.85. The van der Waals surface area contributed by atoms with Crippen molar-refractivity contribution in [2.24, 2.45) is 7.05 Å². The molecule has 0 radical (unpaired) electrons. The Morgan fingerprint density at radius 3 is 2.67 bits per heavy atom. The zero-order valence-electron chi connectivity index (χ0n) is 18.4. The van der Waals surface area contributed by atoms with Gasteiger partial charge in [-0.2, -0.15) is 5.10 Å². The van der Waals surface area contributed by atoms with E-state index in [-0.39, 0.29) is 11.9 Å². The minimum Gasteiger partial charge on any atom is -0.463 e. The molecule has 4 aromatic heterocycles. The highest BCUT2D eigenvalue weighted by Crippen LogP contribution is 2.29. The van der Waals surface area contributed by atoms with Gasteiger partial charge in [0, 0.05) is 36.1 Å². The van der Waals surface area contributed by atoms with E-state index >= 15 is 0 Å². The summed E-state index contributed by atoms with van der Waals surface area (Å²) in [5.74, 6) is 0.362. The molecule has 9 heteroatoms. The van der Waals surface area contributed by atoms with Gasteiger partial charge in [-0.3, -0.25) is 4.79 Å². The minimum atomic E-state index is -0.233. The third-order valence-electron chi connectivity index (χ3n) is 5.17. The molecule has 4 heterocycles. The Morgan fingerprint density at radius 2 is 2.00 bits per heavy atom. The number of aryl methyl sites for hydroxylation is 1. The van der Waals surface area contributed by atoms with Crippen molar-refractivity contribution >= 4 is 34.4 Å². The molecule has 0 aliphatic heterocycles. The highest BCUT2D eigenvalue weighted by atomic mass is 32.2. The van der Waals surface area contributed by atoms with Crippen molar-refractivity contribution in [3.8, 4) is 11.5 Å². The number of hydrogen-bond acceptors (Lipinski definition) is 6. The second-order valence-electron chi connectivity index (χ2n) is 7.85. The fourth-order valence-corrected chi connectivity index (χ4v) is 4.30. The zero-order chi connectivity index (χ0) is 22.9. The van der Waals surface area contributed by atoms with Crippen LogP contribution in [0.1, 0.15) is 30.2 Å². The van der Waals surface area contributed by atoms with Crippen LogP contribution >= 0.6 is 11.8 Å². The van der Waals surface area contributed by atoms with E-state index in [9.17, 15) is 4.79 Å². The lowest BCUT2D eigenvalue weighted by atomic mass is 10.1. The number of amides is 1. The maximum atomic E-state index is 13.3. The minimum absolute atomic E-state index is 0.0986. The van der Waals surface area contributed by atoms with E-state index < -0.39 is 0 Å². The van der Waals surface area contributed by atoms with Crippen LogP contribution in [-0.2, 0) is 7.05 Å². The van der Waals surface area contributed by atoms with Gasteiger partial charge >= 0.3 is 0 Å². The van der Waals surface area contributed by atoms with Crippen molar-refractivity contribution in [2.75, 3.05) is 5.32 Å². The number of fused-ring (bicyclic) bond motifs is 1. The summed E-state index contributed by atoms with van der Waals surface area (Å²) in [7, 11) is 1.96. The summed E-state index contributed by atoms with van der Waals surface area (Å²) >= 11 is 1.56. The number of imidazole rings is 1. The van der Waals surface area contributed by atoms with Crippen molar-refractivity contribution in [3.05, 3.63) is 72.9 Å². The lowest BCUT2D eigenvalue weighted by molar-refractivity contribution is 0.102. The summed E-state index contributed by atoms with van der Waals surface area (Å²) in [5.41, 5.74) is 2.42. The molecule has 1 amide bonds. The number of nitrogens with zero attached hydrogens (tertiary/aromatic N) is 5. The summed E-state index contributed by atoms with van der Waals surface area (Å²) in [6, 6.07) is 13.1. The Labute approximate surface area is 194 Å². The van der Waals surface area contributed by atoms with E-state index in [1.165, 1.54) is 0 Å². The van der Waals surface area contributed by atoms with Crippen LogP contribution in [0, 0.1) is 0 Å². The molecule has 0 saturated heterocycles. The molecule has 1 aromatic carbocycles. The SMILES string of the molecule is CC(C)n1ncc2c(C(=O)Nc3ccc(Sc4nccn4C)cc3)cc(-c3ccco3)nc21. The normalized spacial score (nSPS) is 11.4. The van der Waals surface area contributed by atoms with Gasteiger partial charge in [0.25, 0.3) is 5.91 Å². The van der Waals surface area contributed by atoms with Gasteiger partial charge in [0.2, 0.25) is 0 Å². The molecule has 8 nitrogen and oxygen atoms in total. The number of aromatic nitrogens is 5. The second-order valence-corrected chi connectivity index (χ2v) is 8.89. The van der Waals surface area contributed by atoms with Crippen molar-refractivity contribution in [1.29, 1.82) is 0 Å². The molecular formula is C24H22N6O2S. The van der Waals surface area contributed by atoms with Gasteiger partial charge in [0.05, 0.1) is 23.4 Å². The molecule has 166 valence electrons. The Kier molecular flexibility index (Phi) is 5.47. The standard InChI is InChI=1S/C24H22N6O2S/c1-15(2)30-22-19(14-26-30)18(13-20(28-22)21-5-4-12-32-21)23(31)27-16-6-8-17(9-7-16)33-24-25-10-11-29(24)3/h4-15H,1-3H3,(H,27,31). The van der Waals surface area contributed by atoms with E-state index in [0.29, 0.717) is 33.7 Å². The lowest BCUT2D eigenvalue weighted by Gasteiger charge is -2.10. The molecule has 0 saturated carbocycles. The largest absolute Gasteiger partial charge is 0.463 e. The summed E-state index contributed by atoms with van der Waals surface area (Å²) < 4.78 is 9.30. The molecule has 1 N–H and O–H groups in total. The van der Waals surface area contributed by atoms with E-state index in [4.69, 9.17) is 9.40 Å². The number of pyridine rings is 1. The quantitative estimate of drug-likeness (QED) is 0.366. The number of carbonyl (C=O) groups excluding carboxylic acids is 1. The maximum Gasteiger partial charge on any atom is 0.256 e. The van der Waals surface area contributed by atoms with Gasteiger partial charge in [-0.15, -0.1) is 0 Å². The maximum absolute atomic E-state index is 13.3. The van der Waals surface area contributed by atoms with Crippen LogP contribution in [0.5, 0.6) is 0 Å². The van der Waals surface area contributed by atoms with Crippen LogP contribution in [0.4, 0.5) is 5.69 Å². The van der Waals surface area contributed by atoms with Crippen molar-refractivity contribution in [2.45, 2.75) is 29.9 Å². The van der Waals surface area contributed by atoms with Crippen molar-refractivity contribution < 1.29 is 9.21 Å². The molecule has 5 rings (SSSR count). The first-order valence-corrected chi connectivity index (χ1v) is 11.3. The molecule has 0 spiro atoms.